The van der Waals surface area contributed by atoms with E-state index < -0.39 is 11.9 Å². The van der Waals surface area contributed by atoms with Gasteiger partial charge in [0.1, 0.15) is 11.6 Å². The highest BCUT2D eigenvalue weighted by atomic mass is 16.5. The van der Waals surface area contributed by atoms with Crippen molar-refractivity contribution in [1.82, 2.24) is 4.98 Å². The molecule has 7 heteroatoms. The number of benzene rings is 1. The number of nitrogen functional groups attached to an aromatic ring is 1. The molecule has 0 unspecified atom stereocenters. The fraction of sp³-hybridized carbons (Fsp3) is 0.0714. The summed E-state index contributed by atoms with van der Waals surface area (Å²) >= 11 is 0. The van der Waals surface area contributed by atoms with E-state index in [0.717, 1.165) is 0 Å². The number of nitrogens with two attached hydrogens (primary N) is 1. The number of hydrogen-bond donors (Lipinski definition) is 3. The van der Waals surface area contributed by atoms with Gasteiger partial charge in [0.25, 0.3) is 5.91 Å². The summed E-state index contributed by atoms with van der Waals surface area (Å²) in [7, 11) is 1.44. The Morgan fingerprint density at radius 3 is 2.67 bits per heavy atom. The standard InChI is InChI=1S/C14H13N3O4/c1-21-8-4-5-9(14(19)20)11(7-8)17-13(18)10-3-2-6-16-12(10)15/h2-7H,1H3,(H2,15,16)(H,17,18)(H,19,20). The highest BCUT2D eigenvalue weighted by molar-refractivity contribution is 6.09. The zero-order valence-electron chi connectivity index (χ0n) is 11.2. The van der Waals surface area contributed by atoms with Crippen LogP contribution in [-0.2, 0) is 0 Å². The molecule has 7 nitrogen and oxygen atoms in total. The first-order chi connectivity index (χ1) is 10.0. The van der Waals surface area contributed by atoms with Crippen LogP contribution in [0.15, 0.2) is 36.5 Å². The Morgan fingerprint density at radius 2 is 2.05 bits per heavy atom. The van der Waals surface area contributed by atoms with E-state index in [9.17, 15) is 9.59 Å². The van der Waals surface area contributed by atoms with Crippen molar-refractivity contribution in [2.45, 2.75) is 0 Å². The predicted octanol–water partition coefficient (Wildman–Crippen LogP) is 1.62. The van der Waals surface area contributed by atoms with Gasteiger partial charge in [-0.05, 0) is 24.3 Å². The number of rotatable bonds is 4. The molecule has 1 amide bonds. The predicted molar refractivity (Wildman–Crippen MR) is 76.6 cm³/mol. The first-order valence-electron chi connectivity index (χ1n) is 5.96. The lowest BCUT2D eigenvalue weighted by Crippen LogP contribution is -2.17. The number of ether oxygens (including phenoxy) is 1. The summed E-state index contributed by atoms with van der Waals surface area (Å²) in [4.78, 5) is 27.1. The summed E-state index contributed by atoms with van der Waals surface area (Å²) in [5.74, 6) is -1.22. The molecule has 1 heterocycles. The van der Waals surface area contributed by atoms with E-state index in [0.29, 0.717) is 5.75 Å². The van der Waals surface area contributed by atoms with E-state index in [1.54, 1.807) is 6.07 Å². The Hall–Kier alpha value is -3.09. The fourth-order valence-corrected chi connectivity index (χ4v) is 1.74. The molecule has 0 atom stereocenters. The molecular weight excluding hydrogens is 274 g/mol. The summed E-state index contributed by atoms with van der Waals surface area (Å²) < 4.78 is 5.02. The number of pyridine rings is 1. The van der Waals surface area contributed by atoms with Gasteiger partial charge in [-0.3, -0.25) is 4.79 Å². The monoisotopic (exact) mass is 287 g/mol. The summed E-state index contributed by atoms with van der Waals surface area (Å²) in [5, 5.41) is 11.6. The van der Waals surface area contributed by atoms with E-state index >= 15 is 0 Å². The minimum atomic E-state index is -1.16. The van der Waals surface area contributed by atoms with Crippen molar-refractivity contribution >= 4 is 23.4 Å². The molecule has 108 valence electrons. The molecule has 0 spiro atoms. The third-order valence-corrected chi connectivity index (χ3v) is 2.79. The van der Waals surface area contributed by atoms with Crippen molar-refractivity contribution < 1.29 is 19.4 Å². The molecule has 0 aliphatic carbocycles. The highest BCUT2D eigenvalue weighted by Gasteiger charge is 2.16. The van der Waals surface area contributed by atoms with Gasteiger partial charge in [0.15, 0.2) is 0 Å². The van der Waals surface area contributed by atoms with Crippen molar-refractivity contribution in [3.05, 3.63) is 47.7 Å². The quantitative estimate of drug-likeness (QED) is 0.787. The van der Waals surface area contributed by atoms with Gasteiger partial charge >= 0.3 is 5.97 Å². The first-order valence-corrected chi connectivity index (χ1v) is 5.96. The van der Waals surface area contributed by atoms with Crippen molar-refractivity contribution in [3.63, 3.8) is 0 Å². The average Bonchev–Trinajstić information content (AvgIpc) is 2.47. The molecule has 1 aromatic heterocycles. The maximum absolute atomic E-state index is 12.1. The van der Waals surface area contributed by atoms with Crippen LogP contribution in [0.25, 0.3) is 0 Å². The number of hydrogen-bond acceptors (Lipinski definition) is 5. The number of nitrogens with one attached hydrogen (secondary N) is 1. The van der Waals surface area contributed by atoms with Crippen molar-refractivity contribution in [2.75, 3.05) is 18.2 Å². The zero-order chi connectivity index (χ0) is 15.4. The number of aromatic nitrogens is 1. The molecule has 2 aromatic rings. The largest absolute Gasteiger partial charge is 0.497 e. The molecule has 0 radical (unpaired) electrons. The summed E-state index contributed by atoms with van der Waals surface area (Å²) in [6.07, 6.45) is 1.46. The Labute approximate surface area is 120 Å². The van der Waals surface area contributed by atoms with E-state index in [1.807, 2.05) is 0 Å². The minimum absolute atomic E-state index is 0.0494. The second-order valence-electron chi connectivity index (χ2n) is 4.11. The van der Waals surface area contributed by atoms with Crippen LogP contribution in [0.4, 0.5) is 11.5 Å². The first kappa shape index (κ1) is 14.3. The number of amides is 1. The van der Waals surface area contributed by atoms with Gasteiger partial charge in [-0.1, -0.05) is 0 Å². The lowest BCUT2D eigenvalue weighted by Gasteiger charge is -2.11. The molecule has 0 bridgehead atoms. The number of carboxylic acid groups (broad SMARTS) is 1. The Bertz CT molecular complexity index is 700. The van der Waals surface area contributed by atoms with Crippen LogP contribution in [0.2, 0.25) is 0 Å². The SMILES string of the molecule is COc1ccc(C(=O)O)c(NC(=O)c2cccnc2N)c1. The van der Waals surface area contributed by atoms with Crippen molar-refractivity contribution in [1.29, 1.82) is 0 Å². The second-order valence-corrected chi connectivity index (χ2v) is 4.11. The second kappa shape index (κ2) is 5.91. The minimum Gasteiger partial charge on any atom is -0.497 e. The van der Waals surface area contributed by atoms with Gasteiger partial charge in [0, 0.05) is 12.3 Å². The number of carbonyl (C=O) groups is 2. The third kappa shape index (κ3) is 3.08. The van der Waals surface area contributed by atoms with E-state index in [2.05, 4.69) is 10.3 Å². The Kier molecular flexibility index (Phi) is 4.03. The molecule has 4 N–H and O–H groups in total. The lowest BCUT2D eigenvalue weighted by atomic mass is 10.1. The van der Waals surface area contributed by atoms with Crippen LogP contribution in [-0.4, -0.2) is 29.1 Å². The lowest BCUT2D eigenvalue weighted by molar-refractivity contribution is 0.0698. The summed E-state index contributed by atoms with van der Waals surface area (Å²) in [6.45, 7) is 0. The highest BCUT2D eigenvalue weighted by Crippen LogP contribution is 2.23. The molecule has 0 saturated carbocycles. The maximum atomic E-state index is 12.1. The number of anilines is 2. The molecule has 0 saturated heterocycles. The molecule has 0 aliphatic heterocycles. The van der Waals surface area contributed by atoms with E-state index in [-0.39, 0.29) is 22.6 Å². The zero-order valence-corrected chi connectivity index (χ0v) is 11.2. The third-order valence-electron chi connectivity index (χ3n) is 2.79. The van der Waals surface area contributed by atoms with E-state index in [4.69, 9.17) is 15.6 Å². The Balaban J connectivity index is 2.36. The van der Waals surface area contributed by atoms with Gasteiger partial charge in [0.2, 0.25) is 0 Å². The Morgan fingerprint density at radius 1 is 1.29 bits per heavy atom. The van der Waals surface area contributed by atoms with Crippen molar-refractivity contribution in [2.24, 2.45) is 0 Å². The molecule has 21 heavy (non-hydrogen) atoms. The number of aromatic carboxylic acids is 1. The fourth-order valence-electron chi connectivity index (χ4n) is 1.74. The van der Waals surface area contributed by atoms with Gasteiger partial charge < -0.3 is 20.9 Å². The van der Waals surface area contributed by atoms with Crippen LogP contribution in [0.3, 0.4) is 0 Å². The number of carboxylic acids is 1. The van der Waals surface area contributed by atoms with Gasteiger partial charge in [-0.2, -0.15) is 0 Å². The molecular formula is C14H13N3O4. The smallest absolute Gasteiger partial charge is 0.337 e. The number of nitrogens with zero attached hydrogens (tertiary/aromatic N) is 1. The van der Waals surface area contributed by atoms with Gasteiger partial charge in [-0.25, -0.2) is 9.78 Å². The van der Waals surface area contributed by atoms with E-state index in [1.165, 1.54) is 37.6 Å². The number of carbonyl (C=O) groups excluding carboxylic acids is 1. The van der Waals surface area contributed by atoms with Gasteiger partial charge in [-0.15, -0.1) is 0 Å². The molecule has 1 aromatic carbocycles. The average molecular weight is 287 g/mol. The molecule has 2 rings (SSSR count). The summed E-state index contributed by atoms with van der Waals surface area (Å²) in [6, 6.07) is 7.34. The molecule has 0 fully saturated rings. The van der Waals surface area contributed by atoms with Crippen LogP contribution in [0.5, 0.6) is 5.75 Å². The van der Waals surface area contributed by atoms with Crippen molar-refractivity contribution in [3.8, 4) is 5.75 Å². The van der Waals surface area contributed by atoms with Crippen LogP contribution in [0.1, 0.15) is 20.7 Å². The maximum Gasteiger partial charge on any atom is 0.337 e. The number of methoxy groups -OCH3 is 1. The van der Waals surface area contributed by atoms with Crippen LogP contribution < -0.4 is 15.8 Å². The topological polar surface area (TPSA) is 115 Å². The molecule has 0 aliphatic rings. The normalized spacial score (nSPS) is 9.95. The summed E-state index contributed by atoms with van der Waals surface area (Å²) in [5.41, 5.74) is 5.85. The van der Waals surface area contributed by atoms with Gasteiger partial charge in [0.05, 0.1) is 23.9 Å². The van der Waals surface area contributed by atoms with Crippen LogP contribution >= 0.6 is 0 Å². The van der Waals surface area contributed by atoms with Crippen LogP contribution in [0, 0.1) is 0 Å².